The summed E-state index contributed by atoms with van der Waals surface area (Å²) >= 11 is 3.46. The second-order valence-corrected chi connectivity index (χ2v) is 5.65. The Balaban J connectivity index is 1.94. The van der Waals surface area contributed by atoms with Crippen LogP contribution in [0.1, 0.15) is 12.5 Å². The number of para-hydroxylation sites is 2. The molecule has 116 valence electrons. The summed E-state index contributed by atoms with van der Waals surface area (Å²) < 4.78 is 6.54. The second-order valence-electron chi connectivity index (χ2n) is 4.79. The zero-order chi connectivity index (χ0) is 15.9. The fourth-order valence-corrected chi connectivity index (χ4v) is 2.23. The normalized spacial score (nSPS) is 10.1. The molecule has 0 bridgehead atoms. The van der Waals surface area contributed by atoms with Crippen molar-refractivity contribution < 1.29 is 9.53 Å². The molecule has 0 unspecified atom stereocenters. The number of hydrogen-bond donors (Lipinski definition) is 2. The predicted octanol–water partition coefficient (Wildman–Crippen LogP) is 4.21. The molecule has 0 aliphatic carbocycles. The first kappa shape index (κ1) is 16.4. The van der Waals surface area contributed by atoms with Crippen molar-refractivity contribution in [2.75, 3.05) is 23.8 Å². The van der Waals surface area contributed by atoms with Crippen LogP contribution in [0.25, 0.3) is 0 Å². The molecular formula is C17H19BrN2O2. The van der Waals surface area contributed by atoms with Gasteiger partial charge in [-0.15, -0.1) is 0 Å². The number of halogens is 1. The molecule has 2 aromatic rings. The number of carbonyl (C=O) groups is 1. The quantitative estimate of drug-likeness (QED) is 0.809. The van der Waals surface area contributed by atoms with E-state index in [-0.39, 0.29) is 12.5 Å². The Bertz CT molecular complexity index is 659. The van der Waals surface area contributed by atoms with Gasteiger partial charge in [0.25, 0.3) is 0 Å². The van der Waals surface area contributed by atoms with E-state index in [0.29, 0.717) is 18.0 Å². The highest BCUT2D eigenvalue weighted by Gasteiger charge is 2.07. The third kappa shape index (κ3) is 4.49. The van der Waals surface area contributed by atoms with Crippen LogP contribution in [-0.4, -0.2) is 19.1 Å². The molecule has 0 spiro atoms. The molecule has 2 rings (SSSR count). The van der Waals surface area contributed by atoms with E-state index < -0.39 is 0 Å². The Morgan fingerprint density at radius 1 is 1.23 bits per heavy atom. The molecule has 0 atom stereocenters. The minimum atomic E-state index is -0.118. The Hall–Kier alpha value is -2.01. The van der Waals surface area contributed by atoms with Crippen molar-refractivity contribution in [3.8, 4) is 5.75 Å². The summed E-state index contributed by atoms with van der Waals surface area (Å²) in [6.45, 7) is 4.68. The molecule has 0 fully saturated rings. The SMILES string of the molecule is CCOc1ccccc1NC(=O)CNc1ccc(Br)c(C)c1. The molecule has 1 amide bonds. The first-order valence-corrected chi connectivity index (χ1v) is 7.91. The van der Waals surface area contributed by atoms with E-state index in [1.807, 2.05) is 56.3 Å². The molecule has 4 nitrogen and oxygen atoms in total. The highest BCUT2D eigenvalue weighted by Crippen LogP contribution is 2.23. The smallest absolute Gasteiger partial charge is 0.243 e. The lowest BCUT2D eigenvalue weighted by Crippen LogP contribution is -2.22. The number of hydrogen-bond acceptors (Lipinski definition) is 3. The number of anilines is 2. The van der Waals surface area contributed by atoms with Crippen LogP contribution in [0.15, 0.2) is 46.9 Å². The van der Waals surface area contributed by atoms with E-state index in [1.54, 1.807) is 0 Å². The summed E-state index contributed by atoms with van der Waals surface area (Å²) in [4.78, 5) is 12.1. The Labute approximate surface area is 139 Å². The van der Waals surface area contributed by atoms with Crippen molar-refractivity contribution >= 4 is 33.2 Å². The lowest BCUT2D eigenvalue weighted by molar-refractivity contribution is -0.114. The first-order valence-electron chi connectivity index (χ1n) is 7.12. The molecule has 0 saturated carbocycles. The summed E-state index contributed by atoms with van der Waals surface area (Å²) in [5.74, 6) is 0.561. The van der Waals surface area contributed by atoms with E-state index in [9.17, 15) is 4.79 Å². The van der Waals surface area contributed by atoms with Crippen LogP contribution in [0.3, 0.4) is 0 Å². The van der Waals surface area contributed by atoms with Gasteiger partial charge in [0.2, 0.25) is 5.91 Å². The van der Waals surface area contributed by atoms with Gasteiger partial charge < -0.3 is 15.4 Å². The standard InChI is InChI=1S/C17H19BrN2O2/c1-3-22-16-7-5-4-6-15(16)20-17(21)11-19-13-8-9-14(18)12(2)10-13/h4-10,19H,3,11H2,1-2H3,(H,20,21). The molecule has 0 aliphatic heterocycles. The molecule has 0 saturated heterocycles. The molecule has 2 N–H and O–H groups in total. The largest absolute Gasteiger partial charge is 0.492 e. The van der Waals surface area contributed by atoms with E-state index in [2.05, 4.69) is 26.6 Å². The van der Waals surface area contributed by atoms with Crippen LogP contribution in [0.5, 0.6) is 5.75 Å². The van der Waals surface area contributed by atoms with Gasteiger partial charge in [-0.1, -0.05) is 28.1 Å². The summed E-state index contributed by atoms with van der Waals surface area (Å²) in [6, 6.07) is 13.3. The topological polar surface area (TPSA) is 50.4 Å². The van der Waals surface area contributed by atoms with Crippen molar-refractivity contribution in [1.29, 1.82) is 0 Å². The minimum Gasteiger partial charge on any atom is -0.492 e. The number of amides is 1. The highest BCUT2D eigenvalue weighted by atomic mass is 79.9. The minimum absolute atomic E-state index is 0.118. The van der Waals surface area contributed by atoms with Gasteiger partial charge >= 0.3 is 0 Å². The van der Waals surface area contributed by atoms with Crippen LogP contribution in [-0.2, 0) is 4.79 Å². The highest BCUT2D eigenvalue weighted by molar-refractivity contribution is 9.10. The third-order valence-electron chi connectivity index (χ3n) is 3.07. The summed E-state index contributed by atoms with van der Waals surface area (Å²) in [7, 11) is 0. The number of ether oxygens (including phenoxy) is 1. The van der Waals surface area contributed by atoms with Crippen LogP contribution in [0.4, 0.5) is 11.4 Å². The van der Waals surface area contributed by atoms with E-state index >= 15 is 0 Å². The predicted molar refractivity (Wildman–Crippen MR) is 93.6 cm³/mol. The zero-order valence-corrected chi connectivity index (χ0v) is 14.2. The maximum atomic E-state index is 12.1. The van der Waals surface area contributed by atoms with Crippen molar-refractivity contribution in [3.63, 3.8) is 0 Å². The zero-order valence-electron chi connectivity index (χ0n) is 12.7. The summed E-state index contributed by atoms with van der Waals surface area (Å²) in [5, 5.41) is 5.97. The van der Waals surface area contributed by atoms with Gasteiger partial charge in [0, 0.05) is 10.2 Å². The van der Waals surface area contributed by atoms with Crippen molar-refractivity contribution in [3.05, 3.63) is 52.5 Å². The maximum Gasteiger partial charge on any atom is 0.243 e. The second kappa shape index (κ2) is 7.84. The van der Waals surface area contributed by atoms with Gasteiger partial charge in [-0.05, 0) is 49.7 Å². The third-order valence-corrected chi connectivity index (χ3v) is 3.96. The lowest BCUT2D eigenvalue weighted by atomic mass is 10.2. The number of carbonyl (C=O) groups excluding carboxylic acids is 1. The summed E-state index contributed by atoms with van der Waals surface area (Å²) in [5.41, 5.74) is 2.71. The van der Waals surface area contributed by atoms with E-state index in [1.165, 1.54) is 0 Å². The molecule has 0 radical (unpaired) electrons. The monoisotopic (exact) mass is 362 g/mol. The van der Waals surface area contributed by atoms with E-state index in [4.69, 9.17) is 4.74 Å². The number of nitrogens with one attached hydrogen (secondary N) is 2. The van der Waals surface area contributed by atoms with Crippen LogP contribution in [0, 0.1) is 6.92 Å². The molecule has 5 heteroatoms. The van der Waals surface area contributed by atoms with Crippen molar-refractivity contribution in [2.45, 2.75) is 13.8 Å². The first-order chi connectivity index (χ1) is 10.6. The van der Waals surface area contributed by atoms with Crippen molar-refractivity contribution in [1.82, 2.24) is 0 Å². The maximum absolute atomic E-state index is 12.1. The molecule has 22 heavy (non-hydrogen) atoms. The molecule has 0 aliphatic rings. The fourth-order valence-electron chi connectivity index (χ4n) is 1.98. The Morgan fingerprint density at radius 3 is 2.73 bits per heavy atom. The van der Waals surface area contributed by atoms with Gasteiger partial charge in [0.15, 0.2) is 0 Å². The average molecular weight is 363 g/mol. The van der Waals surface area contributed by atoms with Crippen LogP contribution < -0.4 is 15.4 Å². The van der Waals surface area contributed by atoms with Gasteiger partial charge in [0.1, 0.15) is 5.75 Å². The molecule has 0 heterocycles. The Morgan fingerprint density at radius 2 is 2.00 bits per heavy atom. The van der Waals surface area contributed by atoms with Gasteiger partial charge in [-0.2, -0.15) is 0 Å². The molecular weight excluding hydrogens is 344 g/mol. The number of benzene rings is 2. The van der Waals surface area contributed by atoms with Gasteiger partial charge in [-0.3, -0.25) is 4.79 Å². The fraction of sp³-hybridized carbons (Fsp3) is 0.235. The van der Waals surface area contributed by atoms with Crippen molar-refractivity contribution in [2.24, 2.45) is 0 Å². The van der Waals surface area contributed by atoms with Gasteiger partial charge in [0.05, 0.1) is 18.8 Å². The lowest BCUT2D eigenvalue weighted by Gasteiger charge is -2.12. The Kier molecular flexibility index (Phi) is 5.83. The average Bonchev–Trinajstić information content (AvgIpc) is 2.51. The number of aryl methyl sites for hydroxylation is 1. The molecule has 2 aromatic carbocycles. The van der Waals surface area contributed by atoms with Crippen LogP contribution in [0.2, 0.25) is 0 Å². The summed E-state index contributed by atoms with van der Waals surface area (Å²) in [6.07, 6.45) is 0. The van der Waals surface area contributed by atoms with Crippen LogP contribution >= 0.6 is 15.9 Å². The number of rotatable bonds is 6. The van der Waals surface area contributed by atoms with E-state index in [0.717, 1.165) is 15.7 Å². The van der Waals surface area contributed by atoms with Gasteiger partial charge in [-0.25, -0.2) is 0 Å². The molecule has 0 aromatic heterocycles.